The highest BCUT2D eigenvalue weighted by Gasteiger charge is 2.33. The van der Waals surface area contributed by atoms with Gasteiger partial charge in [-0.2, -0.15) is 11.8 Å². The Kier molecular flexibility index (Phi) is 7.46. The van der Waals surface area contributed by atoms with Crippen LogP contribution in [0.5, 0.6) is 0 Å². The Labute approximate surface area is 125 Å². The summed E-state index contributed by atoms with van der Waals surface area (Å²) in [4.78, 5) is 12.0. The van der Waals surface area contributed by atoms with Crippen LogP contribution in [0.25, 0.3) is 0 Å². The first-order chi connectivity index (χ1) is 8.76. The predicted octanol–water partition coefficient (Wildman–Crippen LogP) is 0.425. The first-order valence-corrected chi connectivity index (χ1v) is 7.70. The summed E-state index contributed by atoms with van der Waals surface area (Å²) in [5.74, 6) is 0.0506. The number of hydrogen-bond acceptors (Lipinski definition) is 5. The molecule has 0 saturated carbocycles. The van der Waals surface area contributed by atoms with Crippen molar-refractivity contribution in [3.8, 4) is 0 Å². The first kappa shape index (κ1) is 17.0. The molecule has 2 saturated heterocycles. The lowest BCUT2D eigenvalue weighted by Gasteiger charge is -2.36. The Balaban J connectivity index is 0.00000180. The lowest BCUT2D eigenvalue weighted by molar-refractivity contribution is -0.126. The van der Waals surface area contributed by atoms with Gasteiger partial charge in [0.15, 0.2) is 0 Å². The number of rotatable bonds is 4. The van der Waals surface area contributed by atoms with Gasteiger partial charge in [-0.3, -0.25) is 4.79 Å². The Morgan fingerprint density at radius 3 is 2.68 bits per heavy atom. The third-order valence-corrected chi connectivity index (χ3v) is 5.08. The zero-order chi connectivity index (χ0) is 12.8. The van der Waals surface area contributed by atoms with Gasteiger partial charge in [-0.25, -0.2) is 0 Å². The molecule has 5 nitrogen and oxygen atoms in total. The average Bonchev–Trinajstić information content (AvgIpc) is 2.47. The molecule has 0 aromatic heterocycles. The summed E-state index contributed by atoms with van der Waals surface area (Å²) in [6.45, 7) is 4.22. The molecule has 2 aliphatic heterocycles. The summed E-state index contributed by atoms with van der Waals surface area (Å²) in [7, 11) is 0. The molecule has 0 aliphatic carbocycles. The van der Waals surface area contributed by atoms with E-state index in [1.807, 2.05) is 11.8 Å². The Morgan fingerprint density at radius 2 is 2.11 bits per heavy atom. The number of carbonyl (C=O) groups excluding carboxylic acids is 1. The van der Waals surface area contributed by atoms with E-state index < -0.39 is 0 Å². The zero-order valence-corrected chi connectivity index (χ0v) is 12.9. The van der Waals surface area contributed by atoms with Crippen LogP contribution in [-0.4, -0.2) is 62.5 Å². The van der Waals surface area contributed by atoms with Crippen molar-refractivity contribution >= 4 is 30.1 Å². The highest BCUT2D eigenvalue weighted by molar-refractivity contribution is 8.00. The van der Waals surface area contributed by atoms with Crippen molar-refractivity contribution in [3.05, 3.63) is 0 Å². The monoisotopic (exact) mass is 310 g/mol. The van der Waals surface area contributed by atoms with E-state index in [0.29, 0.717) is 19.8 Å². The van der Waals surface area contributed by atoms with Crippen molar-refractivity contribution < 1.29 is 14.3 Å². The van der Waals surface area contributed by atoms with Crippen molar-refractivity contribution in [1.29, 1.82) is 0 Å². The van der Waals surface area contributed by atoms with E-state index in [0.717, 1.165) is 32.6 Å². The molecule has 2 aliphatic rings. The van der Waals surface area contributed by atoms with Crippen LogP contribution in [0, 0.1) is 0 Å². The fourth-order valence-corrected chi connectivity index (χ4v) is 3.09. The van der Waals surface area contributed by atoms with Crippen LogP contribution >= 0.6 is 24.2 Å². The van der Waals surface area contributed by atoms with E-state index >= 15 is 0 Å². The van der Waals surface area contributed by atoms with Crippen molar-refractivity contribution in [3.63, 3.8) is 0 Å². The van der Waals surface area contributed by atoms with Crippen LogP contribution in [0.2, 0.25) is 0 Å². The molecule has 1 atom stereocenters. The molecule has 112 valence electrons. The maximum Gasteiger partial charge on any atom is 0.239 e. The summed E-state index contributed by atoms with van der Waals surface area (Å²) in [6, 6.07) is -0.197. The molecule has 1 amide bonds. The third kappa shape index (κ3) is 4.79. The molecule has 0 spiro atoms. The molecular weight excluding hydrogens is 288 g/mol. The number of hydrogen-bond donors (Lipinski definition) is 2. The topological polar surface area (TPSA) is 59.6 Å². The quantitative estimate of drug-likeness (QED) is 0.788. The number of nitrogens with one attached hydrogen (secondary N) is 2. The van der Waals surface area contributed by atoms with Gasteiger partial charge in [0.2, 0.25) is 5.91 Å². The van der Waals surface area contributed by atoms with Gasteiger partial charge in [0, 0.05) is 31.1 Å². The molecule has 0 aromatic carbocycles. The van der Waals surface area contributed by atoms with E-state index in [2.05, 4.69) is 16.9 Å². The third-order valence-electron chi connectivity index (χ3n) is 3.66. The fourth-order valence-electron chi connectivity index (χ4n) is 2.30. The molecule has 0 radical (unpaired) electrons. The van der Waals surface area contributed by atoms with Gasteiger partial charge < -0.3 is 20.1 Å². The standard InChI is InChI=1S/C12H22N2O3S.ClH/c1-18-12(2-5-16-6-3-12)9-14-11(15)10-8-17-7-4-13-10;/h10,13H,2-9H2,1H3,(H,14,15);1H. The maximum atomic E-state index is 12.0. The lowest BCUT2D eigenvalue weighted by Crippen LogP contribution is -2.54. The number of halogens is 1. The summed E-state index contributed by atoms with van der Waals surface area (Å²) >= 11 is 1.84. The van der Waals surface area contributed by atoms with E-state index in [9.17, 15) is 4.79 Å². The van der Waals surface area contributed by atoms with Gasteiger partial charge in [0.1, 0.15) is 6.04 Å². The van der Waals surface area contributed by atoms with Gasteiger partial charge in [-0.05, 0) is 19.1 Å². The van der Waals surface area contributed by atoms with Crippen LogP contribution in [0.4, 0.5) is 0 Å². The predicted molar refractivity (Wildman–Crippen MR) is 79.2 cm³/mol. The zero-order valence-electron chi connectivity index (χ0n) is 11.3. The van der Waals surface area contributed by atoms with Crippen LogP contribution in [0.3, 0.4) is 0 Å². The average molecular weight is 311 g/mol. The van der Waals surface area contributed by atoms with Gasteiger partial charge in [0.25, 0.3) is 0 Å². The minimum atomic E-state index is -0.197. The maximum absolute atomic E-state index is 12.0. The summed E-state index contributed by atoms with van der Waals surface area (Å²) in [6.07, 6.45) is 4.12. The number of ether oxygens (including phenoxy) is 2. The second-order valence-corrected chi connectivity index (χ2v) is 6.07. The van der Waals surface area contributed by atoms with Crippen molar-refractivity contribution in [2.24, 2.45) is 0 Å². The van der Waals surface area contributed by atoms with Crippen LogP contribution in [0.15, 0.2) is 0 Å². The van der Waals surface area contributed by atoms with E-state index in [1.54, 1.807) is 0 Å². The second kappa shape index (κ2) is 8.32. The minimum Gasteiger partial charge on any atom is -0.381 e. The molecule has 0 aromatic rings. The molecule has 2 fully saturated rings. The van der Waals surface area contributed by atoms with E-state index in [4.69, 9.17) is 9.47 Å². The molecule has 2 heterocycles. The molecule has 19 heavy (non-hydrogen) atoms. The van der Waals surface area contributed by atoms with Crippen LogP contribution in [-0.2, 0) is 14.3 Å². The normalized spacial score (nSPS) is 26.3. The molecule has 0 bridgehead atoms. The fraction of sp³-hybridized carbons (Fsp3) is 0.917. The Morgan fingerprint density at radius 1 is 1.37 bits per heavy atom. The number of carbonyl (C=O) groups is 1. The molecular formula is C12H23ClN2O3S. The molecule has 1 unspecified atom stereocenters. The summed E-state index contributed by atoms with van der Waals surface area (Å²) < 4.78 is 10.8. The number of thioether (sulfide) groups is 1. The van der Waals surface area contributed by atoms with Gasteiger partial charge in [0.05, 0.1) is 13.2 Å². The molecule has 2 rings (SSSR count). The highest BCUT2D eigenvalue weighted by atomic mass is 35.5. The number of morpholine rings is 1. The summed E-state index contributed by atoms with van der Waals surface area (Å²) in [5.41, 5.74) is 0. The first-order valence-electron chi connectivity index (χ1n) is 6.47. The van der Waals surface area contributed by atoms with Gasteiger partial charge >= 0.3 is 0 Å². The molecule has 2 N–H and O–H groups in total. The van der Waals surface area contributed by atoms with Crippen LogP contribution < -0.4 is 10.6 Å². The Hall–Kier alpha value is -0.0100. The second-order valence-electron chi connectivity index (χ2n) is 4.80. The molecule has 7 heteroatoms. The van der Waals surface area contributed by atoms with E-state index in [1.165, 1.54) is 0 Å². The smallest absolute Gasteiger partial charge is 0.239 e. The van der Waals surface area contributed by atoms with Crippen LogP contribution in [0.1, 0.15) is 12.8 Å². The van der Waals surface area contributed by atoms with Gasteiger partial charge in [-0.15, -0.1) is 12.4 Å². The SMILES string of the molecule is CSC1(CNC(=O)C2COCCN2)CCOCC1.Cl. The van der Waals surface area contributed by atoms with Crippen molar-refractivity contribution in [2.75, 3.05) is 45.8 Å². The summed E-state index contributed by atoms with van der Waals surface area (Å²) in [5, 5.41) is 6.22. The van der Waals surface area contributed by atoms with Gasteiger partial charge in [-0.1, -0.05) is 0 Å². The number of amides is 1. The largest absolute Gasteiger partial charge is 0.381 e. The van der Waals surface area contributed by atoms with E-state index in [-0.39, 0.29) is 29.1 Å². The van der Waals surface area contributed by atoms with Crippen molar-refractivity contribution in [1.82, 2.24) is 10.6 Å². The Bertz CT molecular complexity index is 282. The van der Waals surface area contributed by atoms with Crippen molar-refractivity contribution in [2.45, 2.75) is 23.6 Å². The highest BCUT2D eigenvalue weighted by Crippen LogP contribution is 2.32. The minimum absolute atomic E-state index is 0. The lowest BCUT2D eigenvalue weighted by atomic mass is 9.99.